The summed E-state index contributed by atoms with van der Waals surface area (Å²) in [7, 11) is 0. The summed E-state index contributed by atoms with van der Waals surface area (Å²) in [5.41, 5.74) is 0. The van der Waals surface area contributed by atoms with E-state index in [9.17, 15) is 4.79 Å². The average Bonchev–Trinajstić information content (AvgIpc) is 2.82. The highest BCUT2D eigenvalue weighted by Crippen LogP contribution is 2.33. The largest absolute Gasteiger partial charge is 0.475 e. The minimum Gasteiger partial charge on any atom is -0.475 e. The van der Waals surface area contributed by atoms with E-state index in [4.69, 9.17) is 9.52 Å². The highest BCUT2D eigenvalue weighted by molar-refractivity contribution is 7.98. The maximum Gasteiger partial charge on any atom is 0.371 e. The fourth-order valence-corrected chi connectivity index (χ4v) is 2.32. The van der Waals surface area contributed by atoms with Crippen LogP contribution in [-0.2, 0) is 5.75 Å². The molecule has 0 spiro atoms. The molecular formula is C10H12O3S. The van der Waals surface area contributed by atoms with E-state index in [0.29, 0.717) is 0 Å². The zero-order valence-electron chi connectivity index (χ0n) is 7.73. The minimum atomic E-state index is -0.997. The maximum absolute atomic E-state index is 10.5. The van der Waals surface area contributed by atoms with Crippen LogP contribution >= 0.6 is 11.8 Å². The van der Waals surface area contributed by atoms with Crippen molar-refractivity contribution < 1.29 is 14.3 Å². The molecule has 1 aliphatic rings. The molecule has 2 rings (SSSR count). The van der Waals surface area contributed by atoms with Crippen LogP contribution in [0.2, 0.25) is 0 Å². The number of carbonyl (C=O) groups is 1. The van der Waals surface area contributed by atoms with Gasteiger partial charge in [-0.25, -0.2) is 4.79 Å². The van der Waals surface area contributed by atoms with E-state index in [1.807, 2.05) is 11.8 Å². The molecule has 76 valence electrons. The summed E-state index contributed by atoms with van der Waals surface area (Å²) in [6.45, 7) is 0. The van der Waals surface area contributed by atoms with Crippen molar-refractivity contribution in [1.82, 2.24) is 0 Å². The maximum atomic E-state index is 10.5. The van der Waals surface area contributed by atoms with Crippen LogP contribution in [0.1, 0.15) is 29.2 Å². The molecule has 1 N–H and O–H groups in total. The molecule has 0 unspecified atom stereocenters. The van der Waals surface area contributed by atoms with Crippen LogP contribution in [0.4, 0.5) is 0 Å². The molecule has 4 heteroatoms. The first-order chi connectivity index (χ1) is 6.75. The van der Waals surface area contributed by atoms with Gasteiger partial charge in [0.2, 0.25) is 5.76 Å². The number of aromatic carboxylic acids is 1. The topological polar surface area (TPSA) is 50.4 Å². The average molecular weight is 212 g/mol. The third-order valence-corrected chi connectivity index (χ3v) is 3.36. The lowest BCUT2D eigenvalue weighted by atomic mass is 10.4. The summed E-state index contributed by atoms with van der Waals surface area (Å²) in [5, 5.41) is 8.62. The van der Waals surface area contributed by atoms with Gasteiger partial charge < -0.3 is 9.52 Å². The van der Waals surface area contributed by atoms with E-state index < -0.39 is 5.97 Å². The van der Waals surface area contributed by atoms with Crippen LogP contribution in [0, 0.1) is 5.92 Å². The van der Waals surface area contributed by atoms with Gasteiger partial charge in [-0.2, -0.15) is 11.8 Å². The van der Waals surface area contributed by atoms with Crippen LogP contribution in [0.5, 0.6) is 0 Å². The Morgan fingerprint density at radius 1 is 1.57 bits per heavy atom. The Kier molecular flexibility index (Phi) is 2.82. The fourth-order valence-electron chi connectivity index (χ4n) is 1.18. The van der Waals surface area contributed by atoms with Gasteiger partial charge >= 0.3 is 5.97 Å². The fraction of sp³-hybridized carbons (Fsp3) is 0.500. The highest BCUT2D eigenvalue weighted by atomic mass is 32.2. The Hall–Kier alpha value is -0.900. The molecule has 1 saturated carbocycles. The van der Waals surface area contributed by atoms with Gasteiger partial charge in [0, 0.05) is 0 Å². The van der Waals surface area contributed by atoms with Crippen LogP contribution in [0.15, 0.2) is 16.5 Å². The number of rotatable bonds is 5. The molecule has 0 amide bonds. The van der Waals surface area contributed by atoms with Crippen molar-refractivity contribution in [2.45, 2.75) is 18.6 Å². The van der Waals surface area contributed by atoms with Gasteiger partial charge in [-0.1, -0.05) is 0 Å². The van der Waals surface area contributed by atoms with Crippen LogP contribution in [0.25, 0.3) is 0 Å². The Bertz CT molecular complexity index is 328. The number of hydrogen-bond donors (Lipinski definition) is 1. The predicted molar refractivity (Wildman–Crippen MR) is 54.6 cm³/mol. The Labute approximate surface area is 86.5 Å². The van der Waals surface area contributed by atoms with Crippen molar-refractivity contribution >= 4 is 17.7 Å². The quantitative estimate of drug-likeness (QED) is 0.815. The lowest BCUT2D eigenvalue weighted by Gasteiger charge is -1.95. The van der Waals surface area contributed by atoms with Gasteiger partial charge in [-0.05, 0) is 36.6 Å². The smallest absolute Gasteiger partial charge is 0.371 e. The Balaban J connectivity index is 1.79. The predicted octanol–water partition coefficient (Wildman–Crippen LogP) is 2.62. The lowest BCUT2D eigenvalue weighted by molar-refractivity contribution is 0.0661. The minimum absolute atomic E-state index is 0.0343. The Morgan fingerprint density at radius 2 is 2.36 bits per heavy atom. The van der Waals surface area contributed by atoms with Crippen LogP contribution in [-0.4, -0.2) is 16.8 Å². The van der Waals surface area contributed by atoms with E-state index in [-0.39, 0.29) is 5.76 Å². The van der Waals surface area contributed by atoms with Crippen LogP contribution < -0.4 is 0 Å². The second kappa shape index (κ2) is 4.09. The SMILES string of the molecule is O=C(O)c1ccc(CSCC2CC2)o1. The number of carboxylic acid groups (broad SMARTS) is 1. The van der Waals surface area contributed by atoms with Crippen molar-refractivity contribution in [3.8, 4) is 0 Å². The summed E-state index contributed by atoms with van der Waals surface area (Å²) in [6, 6.07) is 3.25. The monoisotopic (exact) mass is 212 g/mol. The zero-order valence-corrected chi connectivity index (χ0v) is 8.55. The summed E-state index contributed by atoms with van der Waals surface area (Å²) in [6.07, 6.45) is 2.71. The molecule has 0 atom stereocenters. The number of carboxylic acids is 1. The standard InChI is InChI=1S/C10H12O3S/c11-10(12)9-4-3-8(13-9)6-14-5-7-1-2-7/h3-4,7H,1-2,5-6H2,(H,11,12). The van der Waals surface area contributed by atoms with E-state index in [2.05, 4.69) is 0 Å². The lowest BCUT2D eigenvalue weighted by Crippen LogP contribution is -1.91. The number of furan rings is 1. The van der Waals surface area contributed by atoms with Crippen molar-refractivity contribution in [1.29, 1.82) is 0 Å². The number of thioether (sulfide) groups is 1. The summed E-state index contributed by atoms with van der Waals surface area (Å²) in [5.74, 6) is 2.64. The molecule has 0 aromatic carbocycles. The summed E-state index contributed by atoms with van der Waals surface area (Å²) >= 11 is 1.82. The van der Waals surface area contributed by atoms with E-state index in [0.717, 1.165) is 17.4 Å². The molecule has 0 saturated heterocycles. The van der Waals surface area contributed by atoms with E-state index >= 15 is 0 Å². The normalized spacial score (nSPS) is 15.7. The van der Waals surface area contributed by atoms with Gasteiger partial charge in [0.05, 0.1) is 5.75 Å². The molecule has 3 nitrogen and oxygen atoms in total. The zero-order chi connectivity index (χ0) is 9.97. The summed E-state index contributed by atoms with van der Waals surface area (Å²) in [4.78, 5) is 10.5. The summed E-state index contributed by atoms with van der Waals surface area (Å²) < 4.78 is 5.13. The van der Waals surface area contributed by atoms with Crippen molar-refractivity contribution in [3.05, 3.63) is 23.7 Å². The van der Waals surface area contributed by atoms with Gasteiger partial charge in [0.25, 0.3) is 0 Å². The first-order valence-electron chi connectivity index (χ1n) is 4.65. The van der Waals surface area contributed by atoms with E-state index in [1.54, 1.807) is 6.07 Å². The molecule has 1 aromatic rings. The van der Waals surface area contributed by atoms with Gasteiger partial charge in [0.15, 0.2) is 0 Å². The van der Waals surface area contributed by atoms with E-state index in [1.165, 1.54) is 24.7 Å². The molecule has 1 heterocycles. The second-order valence-corrected chi connectivity index (χ2v) is 4.56. The highest BCUT2D eigenvalue weighted by Gasteiger charge is 2.20. The first-order valence-corrected chi connectivity index (χ1v) is 5.81. The van der Waals surface area contributed by atoms with Crippen molar-refractivity contribution in [3.63, 3.8) is 0 Å². The molecule has 0 aliphatic heterocycles. The molecular weight excluding hydrogens is 200 g/mol. The number of hydrogen-bond acceptors (Lipinski definition) is 3. The Morgan fingerprint density at radius 3 is 2.93 bits per heavy atom. The molecule has 14 heavy (non-hydrogen) atoms. The van der Waals surface area contributed by atoms with Gasteiger partial charge in [0.1, 0.15) is 5.76 Å². The molecule has 1 aromatic heterocycles. The van der Waals surface area contributed by atoms with Crippen molar-refractivity contribution in [2.75, 3.05) is 5.75 Å². The molecule has 1 aliphatic carbocycles. The molecule has 1 fully saturated rings. The van der Waals surface area contributed by atoms with Gasteiger partial charge in [-0.3, -0.25) is 0 Å². The molecule has 0 radical (unpaired) electrons. The third kappa shape index (κ3) is 2.54. The molecule has 0 bridgehead atoms. The third-order valence-electron chi connectivity index (χ3n) is 2.17. The van der Waals surface area contributed by atoms with Crippen molar-refractivity contribution in [2.24, 2.45) is 5.92 Å². The first kappa shape index (κ1) is 9.65. The van der Waals surface area contributed by atoms with Gasteiger partial charge in [-0.15, -0.1) is 0 Å². The van der Waals surface area contributed by atoms with Crippen LogP contribution in [0.3, 0.4) is 0 Å². The second-order valence-electron chi connectivity index (χ2n) is 3.53.